The van der Waals surface area contributed by atoms with Gasteiger partial charge in [0.2, 0.25) is 0 Å². The number of nitrogens with two attached hydrogens (primary N) is 1. The van der Waals surface area contributed by atoms with Gasteiger partial charge >= 0.3 is 12.6 Å². The van der Waals surface area contributed by atoms with Gasteiger partial charge in [-0.15, -0.1) is 6.58 Å². The zero-order chi connectivity index (χ0) is 21.0. The van der Waals surface area contributed by atoms with E-state index >= 15 is 0 Å². The second-order valence-electron chi connectivity index (χ2n) is 6.27. The number of aromatic nitrogens is 1. The highest BCUT2D eigenvalue weighted by Crippen LogP contribution is 2.38. The van der Waals surface area contributed by atoms with E-state index in [1.807, 2.05) is 23.6 Å². The topological polar surface area (TPSA) is 81.3 Å². The van der Waals surface area contributed by atoms with Crippen LogP contribution < -0.4 is 21.1 Å². The van der Waals surface area contributed by atoms with Crippen LogP contribution in [-0.4, -0.2) is 23.8 Å². The molecule has 0 saturated heterocycles. The molecule has 0 aliphatic rings. The zero-order valence-corrected chi connectivity index (χ0v) is 15.9. The van der Waals surface area contributed by atoms with Crippen LogP contribution in [0.4, 0.5) is 25.0 Å². The van der Waals surface area contributed by atoms with Gasteiger partial charge in [0.1, 0.15) is 5.75 Å². The van der Waals surface area contributed by atoms with Crippen LogP contribution in [0.15, 0.2) is 55.1 Å². The first-order valence-corrected chi connectivity index (χ1v) is 9.07. The van der Waals surface area contributed by atoms with E-state index in [0.29, 0.717) is 30.0 Å². The summed E-state index contributed by atoms with van der Waals surface area (Å²) in [5.41, 5.74) is 9.88. The molecule has 0 saturated carbocycles. The predicted molar refractivity (Wildman–Crippen MR) is 111 cm³/mol. The van der Waals surface area contributed by atoms with E-state index < -0.39 is 6.61 Å². The molecular weight excluding hydrogens is 378 g/mol. The molecule has 0 aliphatic heterocycles. The molecule has 1 heterocycles. The molecule has 6 nitrogen and oxygen atoms in total. The van der Waals surface area contributed by atoms with Crippen molar-refractivity contribution in [1.82, 2.24) is 9.88 Å². The maximum Gasteiger partial charge on any atom is 0.387 e. The summed E-state index contributed by atoms with van der Waals surface area (Å²) in [7, 11) is 0. The van der Waals surface area contributed by atoms with Gasteiger partial charge < -0.3 is 25.7 Å². The molecule has 1 aromatic heterocycles. The molecule has 0 aliphatic carbocycles. The van der Waals surface area contributed by atoms with Gasteiger partial charge in [-0.25, -0.2) is 4.79 Å². The third-order valence-corrected chi connectivity index (χ3v) is 4.44. The van der Waals surface area contributed by atoms with Crippen molar-refractivity contribution in [2.75, 3.05) is 17.6 Å². The second kappa shape index (κ2) is 8.64. The van der Waals surface area contributed by atoms with Gasteiger partial charge in [-0.1, -0.05) is 18.2 Å². The molecule has 8 heteroatoms. The lowest BCUT2D eigenvalue weighted by Crippen LogP contribution is -2.28. The summed E-state index contributed by atoms with van der Waals surface area (Å²) >= 11 is 0. The molecule has 0 bridgehead atoms. The molecule has 2 amide bonds. The molecule has 0 fully saturated rings. The Morgan fingerprint density at radius 3 is 2.62 bits per heavy atom. The van der Waals surface area contributed by atoms with E-state index in [-0.39, 0.29) is 11.8 Å². The fourth-order valence-corrected chi connectivity index (χ4v) is 3.22. The van der Waals surface area contributed by atoms with Crippen molar-refractivity contribution < 1.29 is 18.3 Å². The van der Waals surface area contributed by atoms with Crippen LogP contribution in [0.2, 0.25) is 0 Å². The Balaban J connectivity index is 1.95. The average molecular weight is 400 g/mol. The minimum Gasteiger partial charge on any atom is -0.435 e. The van der Waals surface area contributed by atoms with Crippen molar-refractivity contribution in [3.63, 3.8) is 0 Å². The fraction of sp³-hybridized carbons (Fsp3) is 0.190. The van der Waals surface area contributed by atoms with E-state index in [9.17, 15) is 13.6 Å². The third kappa shape index (κ3) is 4.31. The number of halogens is 2. The molecule has 0 unspecified atom stereocenters. The SMILES string of the molecule is C=CCNC(=O)Nc1ccc(-c2c(N)c3ccc(OC(F)F)cc3n2CC)cc1. The standard InChI is InChI=1S/C21H22F2N4O2/c1-3-11-25-21(28)26-14-7-5-13(6-8-14)19-18(24)16-10-9-15(29-20(22)23)12-17(16)27(19)4-2/h3,5-10,12,20H,1,4,11,24H2,2H3,(H2,25,26,28). The van der Waals surface area contributed by atoms with E-state index in [0.717, 1.165) is 16.6 Å². The van der Waals surface area contributed by atoms with Crippen molar-refractivity contribution in [2.45, 2.75) is 20.1 Å². The number of amides is 2. The van der Waals surface area contributed by atoms with Crippen LogP contribution in [0.25, 0.3) is 22.2 Å². The minimum absolute atomic E-state index is 0.0799. The first-order valence-electron chi connectivity index (χ1n) is 9.07. The number of hydrogen-bond donors (Lipinski definition) is 3. The van der Waals surface area contributed by atoms with Gasteiger partial charge in [0.25, 0.3) is 0 Å². The number of carbonyl (C=O) groups is 1. The van der Waals surface area contributed by atoms with Crippen LogP contribution >= 0.6 is 0 Å². The molecule has 152 valence electrons. The lowest BCUT2D eigenvalue weighted by atomic mass is 10.1. The fourth-order valence-electron chi connectivity index (χ4n) is 3.22. The Kier molecular flexibility index (Phi) is 6.01. The highest BCUT2D eigenvalue weighted by atomic mass is 19.3. The quantitative estimate of drug-likeness (QED) is 0.498. The predicted octanol–water partition coefficient (Wildman–Crippen LogP) is 4.82. The number of benzene rings is 2. The van der Waals surface area contributed by atoms with E-state index in [1.165, 1.54) is 6.07 Å². The maximum absolute atomic E-state index is 12.6. The number of nitrogens with zero attached hydrogens (tertiary/aromatic N) is 1. The van der Waals surface area contributed by atoms with Crippen molar-refractivity contribution in [3.8, 4) is 17.0 Å². The molecule has 29 heavy (non-hydrogen) atoms. The molecule has 3 rings (SSSR count). The third-order valence-electron chi connectivity index (χ3n) is 4.44. The molecule has 0 radical (unpaired) electrons. The first kappa shape index (κ1) is 20.2. The lowest BCUT2D eigenvalue weighted by Gasteiger charge is -2.11. The molecular formula is C21H22F2N4O2. The normalized spacial score (nSPS) is 10.9. The van der Waals surface area contributed by atoms with Crippen LogP contribution in [-0.2, 0) is 6.54 Å². The summed E-state index contributed by atoms with van der Waals surface area (Å²) in [6, 6.07) is 11.6. The number of urea groups is 1. The minimum atomic E-state index is -2.89. The monoisotopic (exact) mass is 400 g/mol. The summed E-state index contributed by atoms with van der Waals surface area (Å²) in [4.78, 5) is 11.7. The number of hydrogen-bond acceptors (Lipinski definition) is 3. The summed E-state index contributed by atoms with van der Waals surface area (Å²) in [6.45, 7) is 3.56. The Labute approximate surface area is 167 Å². The number of nitrogen functional groups attached to an aromatic ring is 1. The zero-order valence-electron chi connectivity index (χ0n) is 15.9. The Bertz CT molecular complexity index is 1030. The number of anilines is 2. The number of alkyl halides is 2. The van der Waals surface area contributed by atoms with Crippen LogP contribution in [0.1, 0.15) is 6.92 Å². The van der Waals surface area contributed by atoms with E-state index in [1.54, 1.807) is 30.3 Å². The second-order valence-corrected chi connectivity index (χ2v) is 6.27. The number of carbonyl (C=O) groups excluding carboxylic acids is 1. The Hall–Kier alpha value is -3.55. The first-order chi connectivity index (χ1) is 13.9. The van der Waals surface area contributed by atoms with Crippen molar-refractivity contribution in [1.29, 1.82) is 0 Å². The van der Waals surface area contributed by atoms with Crippen LogP contribution in [0.5, 0.6) is 5.75 Å². The largest absolute Gasteiger partial charge is 0.435 e. The van der Waals surface area contributed by atoms with Gasteiger partial charge in [-0.2, -0.15) is 8.78 Å². The van der Waals surface area contributed by atoms with Gasteiger partial charge in [0, 0.05) is 35.8 Å². The number of rotatable bonds is 7. The highest BCUT2D eigenvalue weighted by Gasteiger charge is 2.17. The van der Waals surface area contributed by atoms with Gasteiger partial charge in [0.05, 0.1) is 16.9 Å². The van der Waals surface area contributed by atoms with Gasteiger partial charge in [-0.05, 0) is 31.2 Å². The number of ether oxygens (including phenoxy) is 1. The highest BCUT2D eigenvalue weighted by molar-refractivity contribution is 6.01. The maximum atomic E-state index is 12.6. The summed E-state index contributed by atoms with van der Waals surface area (Å²) in [6.07, 6.45) is 1.59. The Morgan fingerprint density at radius 1 is 1.28 bits per heavy atom. The smallest absolute Gasteiger partial charge is 0.387 e. The van der Waals surface area contributed by atoms with E-state index in [4.69, 9.17) is 5.73 Å². The average Bonchev–Trinajstić information content (AvgIpc) is 2.97. The molecule has 3 aromatic rings. The molecule has 4 N–H and O–H groups in total. The summed E-state index contributed by atoms with van der Waals surface area (Å²) in [5, 5.41) is 6.12. The lowest BCUT2D eigenvalue weighted by molar-refractivity contribution is -0.0497. The molecule has 0 spiro atoms. The van der Waals surface area contributed by atoms with Gasteiger partial charge in [-0.3, -0.25) is 0 Å². The number of nitrogens with one attached hydrogen (secondary N) is 2. The number of aryl methyl sites for hydroxylation is 1. The van der Waals surface area contributed by atoms with Crippen molar-refractivity contribution >= 4 is 28.3 Å². The molecule has 2 aromatic carbocycles. The number of fused-ring (bicyclic) bond motifs is 1. The molecule has 0 atom stereocenters. The summed E-state index contributed by atoms with van der Waals surface area (Å²) in [5.74, 6) is 0.0799. The summed E-state index contributed by atoms with van der Waals surface area (Å²) < 4.78 is 31.6. The van der Waals surface area contributed by atoms with E-state index in [2.05, 4.69) is 21.9 Å². The van der Waals surface area contributed by atoms with Gasteiger partial charge in [0.15, 0.2) is 0 Å². The van der Waals surface area contributed by atoms with Crippen LogP contribution in [0.3, 0.4) is 0 Å². The van der Waals surface area contributed by atoms with Crippen molar-refractivity contribution in [3.05, 3.63) is 55.1 Å². The van der Waals surface area contributed by atoms with Crippen molar-refractivity contribution in [2.24, 2.45) is 0 Å². The Morgan fingerprint density at radius 2 is 2.00 bits per heavy atom. The van der Waals surface area contributed by atoms with Crippen LogP contribution in [0, 0.1) is 0 Å².